The zero-order chi connectivity index (χ0) is 15.4. The smallest absolute Gasteiger partial charge is 0.251 e. The van der Waals surface area contributed by atoms with Crippen LogP contribution < -0.4 is 10.1 Å². The molecule has 21 heavy (non-hydrogen) atoms. The molecule has 0 fully saturated rings. The van der Waals surface area contributed by atoms with E-state index in [4.69, 9.17) is 27.9 Å². The lowest BCUT2D eigenvalue weighted by molar-refractivity contribution is 0.0955. The first-order valence-corrected chi connectivity index (χ1v) is 7.28. The molecule has 3 nitrogen and oxygen atoms in total. The van der Waals surface area contributed by atoms with Gasteiger partial charge in [0.15, 0.2) is 0 Å². The molecule has 5 heteroatoms. The van der Waals surface area contributed by atoms with Crippen LogP contribution in [0.5, 0.6) is 11.5 Å². The lowest BCUT2D eigenvalue weighted by Crippen LogP contribution is -2.22. The fourth-order valence-corrected chi connectivity index (χ4v) is 2.22. The molecule has 0 bridgehead atoms. The van der Waals surface area contributed by atoms with E-state index in [9.17, 15) is 4.79 Å². The molecular weight excluding hydrogens is 309 g/mol. The number of hydrogen-bond donors (Lipinski definition) is 1. The molecule has 0 saturated carbocycles. The number of carbonyl (C=O) groups is 1. The van der Waals surface area contributed by atoms with Gasteiger partial charge in [-0.2, -0.15) is 0 Å². The Balaban J connectivity index is 2.26. The van der Waals surface area contributed by atoms with Crippen LogP contribution in [-0.2, 0) is 0 Å². The average molecular weight is 324 g/mol. The maximum atomic E-state index is 11.8. The molecule has 1 N–H and O–H groups in total. The first-order chi connectivity index (χ1) is 10.0. The molecule has 0 saturated heterocycles. The Morgan fingerprint density at radius 2 is 1.95 bits per heavy atom. The number of benzene rings is 2. The van der Waals surface area contributed by atoms with Crippen molar-refractivity contribution >= 4 is 29.1 Å². The van der Waals surface area contributed by atoms with E-state index < -0.39 is 0 Å². The molecule has 110 valence electrons. The highest BCUT2D eigenvalue weighted by atomic mass is 35.5. The summed E-state index contributed by atoms with van der Waals surface area (Å²) in [5.41, 5.74) is 1.41. The van der Waals surface area contributed by atoms with E-state index in [1.54, 1.807) is 36.4 Å². The summed E-state index contributed by atoms with van der Waals surface area (Å²) >= 11 is 12.1. The first kappa shape index (κ1) is 15.7. The third-order valence-electron chi connectivity index (χ3n) is 2.87. The van der Waals surface area contributed by atoms with Crippen LogP contribution in [0.15, 0.2) is 36.4 Å². The third kappa shape index (κ3) is 3.90. The van der Waals surface area contributed by atoms with Crippen LogP contribution in [0.3, 0.4) is 0 Å². The van der Waals surface area contributed by atoms with E-state index >= 15 is 0 Å². The molecule has 0 aliphatic carbocycles. The molecule has 1 amide bonds. The SMILES string of the molecule is CCNC(=O)c1cccc(Oc2cc(C)c(Cl)cc2Cl)c1. The number of carbonyl (C=O) groups excluding carboxylic acids is 1. The molecule has 0 spiro atoms. The van der Waals surface area contributed by atoms with E-state index in [-0.39, 0.29) is 5.91 Å². The molecular formula is C16H15Cl2NO2. The van der Waals surface area contributed by atoms with Crippen molar-refractivity contribution < 1.29 is 9.53 Å². The minimum atomic E-state index is -0.138. The maximum absolute atomic E-state index is 11.8. The number of aryl methyl sites for hydroxylation is 1. The van der Waals surface area contributed by atoms with Crippen LogP contribution in [0.25, 0.3) is 0 Å². The highest BCUT2D eigenvalue weighted by Gasteiger charge is 2.09. The van der Waals surface area contributed by atoms with Crippen LogP contribution >= 0.6 is 23.2 Å². The van der Waals surface area contributed by atoms with Crippen LogP contribution in [0.4, 0.5) is 0 Å². The van der Waals surface area contributed by atoms with E-state index in [2.05, 4.69) is 5.32 Å². The Kier molecular flexibility index (Phi) is 5.10. The van der Waals surface area contributed by atoms with Crippen molar-refractivity contribution in [1.82, 2.24) is 5.32 Å². The number of halogens is 2. The van der Waals surface area contributed by atoms with Crippen molar-refractivity contribution in [3.8, 4) is 11.5 Å². The topological polar surface area (TPSA) is 38.3 Å². The molecule has 2 aromatic carbocycles. The van der Waals surface area contributed by atoms with Crippen molar-refractivity contribution in [3.05, 3.63) is 57.6 Å². The highest BCUT2D eigenvalue weighted by Crippen LogP contribution is 2.34. The summed E-state index contributed by atoms with van der Waals surface area (Å²) in [5.74, 6) is 0.912. The molecule has 0 radical (unpaired) electrons. The Hall–Kier alpha value is -1.71. The molecule has 0 aliphatic heterocycles. The van der Waals surface area contributed by atoms with Crippen molar-refractivity contribution in [2.75, 3.05) is 6.54 Å². The van der Waals surface area contributed by atoms with Gasteiger partial charge in [-0.25, -0.2) is 0 Å². The third-order valence-corrected chi connectivity index (χ3v) is 3.58. The molecule has 0 heterocycles. The van der Waals surface area contributed by atoms with Gasteiger partial charge in [-0.05, 0) is 49.7 Å². The Morgan fingerprint density at radius 1 is 1.19 bits per heavy atom. The quantitative estimate of drug-likeness (QED) is 0.873. The number of ether oxygens (including phenoxy) is 1. The van der Waals surface area contributed by atoms with Gasteiger partial charge in [0, 0.05) is 17.1 Å². The zero-order valence-electron chi connectivity index (χ0n) is 11.7. The predicted octanol–water partition coefficient (Wildman–Crippen LogP) is 4.84. The molecule has 0 aliphatic rings. The summed E-state index contributed by atoms with van der Waals surface area (Å²) < 4.78 is 5.74. The van der Waals surface area contributed by atoms with Crippen LogP contribution in [0.2, 0.25) is 10.0 Å². The van der Waals surface area contributed by atoms with E-state index in [1.165, 1.54) is 0 Å². The summed E-state index contributed by atoms with van der Waals surface area (Å²) in [6.45, 7) is 4.32. The van der Waals surface area contributed by atoms with Gasteiger partial charge < -0.3 is 10.1 Å². The predicted molar refractivity (Wildman–Crippen MR) is 85.7 cm³/mol. The molecule has 0 unspecified atom stereocenters. The van der Waals surface area contributed by atoms with Gasteiger partial charge in [0.05, 0.1) is 5.02 Å². The van der Waals surface area contributed by atoms with Gasteiger partial charge in [-0.1, -0.05) is 29.3 Å². The van der Waals surface area contributed by atoms with E-state index in [1.807, 2.05) is 13.8 Å². The number of hydrogen-bond acceptors (Lipinski definition) is 2. The zero-order valence-corrected chi connectivity index (χ0v) is 13.3. The highest BCUT2D eigenvalue weighted by molar-refractivity contribution is 6.36. The second-order valence-corrected chi connectivity index (χ2v) is 5.34. The van der Waals surface area contributed by atoms with Gasteiger partial charge in [-0.3, -0.25) is 4.79 Å². The minimum absolute atomic E-state index is 0.138. The molecule has 0 atom stereocenters. The second kappa shape index (κ2) is 6.83. The average Bonchev–Trinajstić information content (AvgIpc) is 2.45. The number of nitrogens with one attached hydrogen (secondary N) is 1. The normalized spacial score (nSPS) is 10.3. The van der Waals surface area contributed by atoms with Gasteiger partial charge in [0.2, 0.25) is 0 Å². The first-order valence-electron chi connectivity index (χ1n) is 6.53. The Labute approximate surface area is 133 Å². The van der Waals surface area contributed by atoms with Crippen LogP contribution in [0, 0.1) is 6.92 Å². The van der Waals surface area contributed by atoms with Crippen molar-refractivity contribution in [3.63, 3.8) is 0 Å². The summed E-state index contributed by atoms with van der Waals surface area (Å²) in [4.78, 5) is 11.8. The van der Waals surface area contributed by atoms with Gasteiger partial charge in [0.25, 0.3) is 5.91 Å². The van der Waals surface area contributed by atoms with Gasteiger partial charge in [0.1, 0.15) is 11.5 Å². The summed E-state index contributed by atoms with van der Waals surface area (Å²) in [7, 11) is 0. The summed E-state index contributed by atoms with van der Waals surface area (Å²) in [6.07, 6.45) is 0. The van der Waals surface area contributed by atoms with Crippen LogP contribution in [0.1, 0.15) is 22.8 Å². The molecule has 0 aromatic heterocycles. The number of amides is 1. The molecule has 2 rings (SSSR count). The van der Waals surface area contributed by atoms with Gasteiger partial charge >= 0.3 is 0 Å². The maximum Gasteiger partial charge on any atom is 0.251 e. The largest absolute Gasteiger partial charge is 0.456 e. The van der Waals surface area contributed by atoms with Gasteiger partial charge in [-0.15, -0.1) is 0 Å². The lowest BCUT2D eigenvalue weighted by atomic mass is 10.2. The van der Waals surface area contributed by atoms with E-state index in [0.29, 0.717) is 33.7 Å². The Morgan fingerprint density at radius 3 is 2.67 bits per heavy atom. The summed E-state index contributed by atoms with van der Waals surface area (Å²) in [5, 5.41) is 3.75. The monoisotopic (exact) mass is 323 g/mol. The second-order valence-electron chi connectivity index (χ2n) is 4.52. The Bertz CT molecular complexity index is 671. The van der Waals surface area contributed by atoms with Crippen molar-refractivity contribution in [1.29, 1.82) is 0 Å². The van der Waals surface area contributed by atoms with E-state index in [0.717, 1.165) is 5.56 Å². The standard InChI is InChI=1S/C16H15Cl2NO2/c1-3-19-16(20)11-5-4-6-12(8-11)21-15-7-10(2)13(17)9-14(15)18/h4-9H,3H2,1-2H3,(H,19,20). The van der Waals surface area contributed by atoms with Crippen molar-refractivity contribution in [2.45, 2.75) is 13.8 Å². The van der Waals surface area contributed by atoms with Crippen LogP contribution in [-0.4, -0.2) is 12.5 Å². The van der Waals surface area contributed by atoms with Crippen molar-refractivity contribution in [2.24, 2.45) is 0 Å². The fraction of sp³-hybridized carbons (Fsp3) is 0.188. The molecule has 2 aromatic rings. The fourth-order valence-electron chi connectivity index (χ4n) is 1.80. The minimum Gasteiger partial charge on any atom is -0.456 e. The number of rotatable bonds is 4. The lowest BCUT2D eigenvalue weighted by Gasteiger charge is -2.10. The summed E-state index contributed by atoms with van der Waals surface area (Å²) in [6, 6.07) is 10.3.